The summed E-state index contributed by atoms with van der Waals surface area (Å²) in [6, 6.07) is 24.9. The van der Waals surface area contributed by atoms with Crippen LogP contribution in [0.4, 0.5) is 0 Å². The van der Waals surface area contributed by atoms with Gasteiger partial charge in [-0.15, -0.1) is 0 Å². The van der Waals surface area contributed by atoms with E-state index in [4.69, 9.17) is 0 Å². The van der Waals surface area contributed by atoms with Gasteiger partial charge in [0.05, 0.1) is 16.8 Å². The van der Waals surface area contributed by atoms with Gasteiger partial charge in [-0.3, -0.25) is 0 Å². The van der Waals surface area contributed by atoms with Crippen molar-refractivity contribution in [2.75, 3.05) is 0 Å². The maximum atomic E-state index is 11.9. The van der Waals surface area contributed by atoms with Gasteiger partial charge in [0.1, 0.15) is 0 Å². The molecule has 3 aromatic rings. The Hall–Kier alpha value is -2.46. The van der Waals surface area contributed by atoms with Gasteiger partial charge in [-0.25, -0.2) is 0 Å². The Balaban J connectivity index is 2.61. The van der Waals surface area contributed by atoms with Crippen LogP contribution in [0.3, 0.4) is 0 Å². The van der Waals surface area contributed by atoms with E-state index in [2.05, 4.69) is 82.3 Å². The summed E-state index contributed by atoms with van der Waals surface area (Å²) in [5, 5.41) is 35.8. The van der Waals surface area contributed by atoms with Gasteiger partial charge in [-0.2, -0.15) is 0 Å². The SMILES string of the molecule is CCCC(C)(O)c1ccccc1C(CCC)(c1ccccc1C(C)(O)CCC)c1ccccc1C(C)(O)CCC. The third-order valence-corrected chi connectivity index (χ3v) is 8.74. The lowest BCUT2D eigenvalue weighted by Gasteiger charge is -2.44. The van der Waals surface area contributed by atoms with Crippen molar-refractivity contribution in [2.24, 2.45) is 0 Å². The normalized spacial score (nSPS) is 17.9. The summed E-state index contributed by atoms with van der Waals surface area (Å²) in [4.78, 5) is 0. The quantitative estimate of drug-likeness (QED) is 0.178. The predicted octanol–water partition coefficient (Wildman–Crippen LogP) is 8.84. The van der Waals surface area contributed by atoms with Crippen LogP contribution in [0.15, 0.2) is 72.8 Å². The minimum absolute atomic E-state index is 0.636. The molecule has 0 spiro atoms. The molecule has 3 N–H and O–H groups in total. The van der Waals surface area contributed by atoms with Crippen LogP contribution in [0.1, 0.15) is 133 Å². The first-order valence-electron chi connectivity index (χ1n) is 15.4. The lowest BCUT2D eigenvalue weighted by molar-refractivity contribution is 0.0422. The van der Waals surface area contributed by atoms with Gasteiger partial charge in [0.15, 0.2) is 0 Å². The molecule has 0 saturated heterocycles. The van der Waals surface area contributed by atoms with Crippen molar-refractivity contribution >= 4 is 0 Å². The largest absolute Gasteiger partial charge is 0.385 e. The van der Waals surface area contributed by atoms with Crippen LogP contribution in [0, 0.1) is 0 Å². The number of aliphatic hydroxyl groups is 3. The first-order chi connectivity index (χ1) is 18.9. The Morgan fingerprint density at radius 3 is 0.850 bits per heavy atom. The molecule has 0 radical (unpaired) electrons. The average Bonchev–Trinajstić information content (AvgIpc) is 2.92. The summed E-state index contributed by atoms with van der Waals surface area (Å²) in [6.45, 7) is 14.3. The van der Waals surface area contributed by atoms with Gasteiger partial charge in [0, 0.05) is 5.41 Å². The van der Waals surface area contributed by atoms with E-state index in [0.717, 1.165) is 65.5 Å². The fraction of sp³-hybridized carbons (Fsp3) is 0.514. The molecule has 0 fully saturated rings. The van der Waals surface area contributed by atoms with Crippen molar-refractivity contribution in [1.29, 1.82) is 0 Å². The Labute approximate surface area is 243 Å². The number of rotatable bonds is 14. The van der Waals surface area contributed by atoms with Crippen LogP contribution >= 0.6 is 0 Å². The zero-order chi connectivity index (χ0) is 29.6. The molecule has 3 rings (SSSR count). The van der Waals surface area contributed by atoms with E-state index in [0.29, 0.717) is 19.3 Å². The van der Waals surface area contributed by atoms with Gasteiger partial charge >= 0.3 is 0 Å². The van der Waals surface area contributed by atoms with Crippen molar-refractivity contribution in [2.45, 2.75) is 122 Å². The molecule has 3 nitrogen and oxygen atoms in total. The van der Waals surface area contributed by atoms with Crippen molar-refractivity contribution in [3.05, 3.63) is 106 Å². The Morgan fingerprint density at radius 1 is 0.400 bits per heavy atom. The second-order valence-corrected chi connectivity index (χ2v) is 12.4. The molecule has 0 bridgehead atoms. The lowest BCUT2D eigenvalue weighted by atomic mass is 9.60. The van der Waals surface area contributed by atoms with Gasteiger partial charge in [-0.05, 0) is 79.8 Å². The van der Waals surface area contributed by atoms with Crippen LogP contribution in [-0.2, 0) is 22.2 Å². The van der Waals surface area contributed by atoms with Gasteiger partial charge in [-0.1, -0.05) is 126 Å². The summed E-state index contributed by atoms with van der Waals surface area (Å²) in [5.41, 5.74) is 2.00. The highest BCUT2D eigenvalue weighted by molar-refractivity contribution is 5.59. The Bertz CT molecular complexity index is 1090. The van der Waals surface area contributed by atoms with E-state index >= 15 is 0 Å². The fourth-order valence-corrected chi connectivity index (χ4v) is 7.05. The standard InChI is InChI=1S/C37H52O3/c1-8-24-34(5,38)28-18-12-15-21-31(28)37(27-11-4,32-22-16-13-19-29(32)35(6,39)25-9-2)33-23-17-14-20-30(33)36(7,40)26-10-3/h12-23,38-40H,8-11,24-27H2,1-7H3. The highest BCUT2D eigenvalue weighted by Gasteiger charge is 2.46. The zero-order valence-electron chi connectivity index (χ0n) is 25.9. The third-order valence-electron chi connectivity index (χ3n) is 8.74. The van der Waals surface area contributed by atoms with E-state index < -0.39 is 22.2 Å². The predicted molar refractivity (Wildman–Crippen MR) is 168 cm³/mol. The molecule has 218 valence electrons. The molecule has 3 unspecified atom stereocenters. The first kappa shape index (κ1) is 32.1. The molecule has 0 aliphatic rings. The zero-order valence-corrected chi connectivity index (χ0v) is 25.9. The van der Waals surface area contributed by atoms with Crippen LogP contribution in [0.25, 0.3) is 0 Å². The van der Waals surface area contributed by atoms with Crippen LogP contribution in [0.5, 0.6) is 0 Å². The second kappa shape index (κ2) is 13.0. The van der Waals surface area contributed by atoms with Gasteiger partial charge < -0.3 is 15.3 Å². The molecule has 0 heterocycles. The van der Waals surface area contributed by atoms with E-state index in [-0.39, 0.29) is 0 Å². The lowest BCUT2D eigenvalue weighted by Crippen LogP contribution is -2.39. The minimum Gasteiger partial charge on any atom is -0.385 e. The van der Waals surface area contributed by atoms with Crippen molar-refractivity contribution in [3.63, 3.8) is 0 Å². The third kappa shape index (κ3) is 6.22. The summed E-state index contributed by atoms with van der Waals surface area (Å²) in [7, 11) is 0. The first-order valence-corrected chi connectivity index (χ1v) is 15.4. The number of hydrogen-bond donors (Lipinski definition) is 3. The second-order valence-electron chi connectivity index (χ2n) is 12.4. The smallest absolute Gasteiger partial charge is 0.0871 e. The Kier molecular flexibility index (Phi) is 10.4. The summed E-state index contributed by atoms with van der Waals surface area (Å²) < 4.78 is 0. The van der Waals surface area contributed by atoms with Crippen molar-refractivity contribution < 1.29 is 15.3 Å². The molecule has 40 heavy (non-hydrogen) atoms. The monoisotopic (exact) mass is 544 g/mol. The summed E-state index contributed by atoms with van der Waals surface area (Å²) >= 11 is 0. The minimum atomic E-state index is -1.04. The van der Waals surface area contributed by atoms with Crippen LogP contribution < -0.4 is 0 Å². The Morgan fingerprint density at radius 2 is 0.625 bits per heavy atom. The highest BCUT2D eigenvalue weighted by Crippen LogP contribution is 2.52. The molecule has 3 atom stereocenters. The molecule has 0 aliphatic heterocycles. The molecule has 0 aromatic heterocycles. The molecule has 0 aliphatic carbocycles. The molecule has 3 heteroatoms. The van der Waals surface area contributed by atoms with Crippen LogP contribution in [-0.4, -0.2) is 15.3 Å². The highest BCUT2D eigenvalue weighted by atomic mass is 16.3. The topological polar surface area (TPSA) is 60.7 Å². The van der Waals surface area contributed by atoms with E-state index in [9.17, 15) is 15.3 Å². The van der Waals surface area contributed by atoms with E-state index in [1.165, 1.54) is 0 Å². The maximum Gasteiger partial charge on any atom is 0.0871 e. The number of benzene rings is 3. The molecule has 0 saturated carbocycles. The van der Waals surface area contributed by atoms with Crippen molar-refractivity contribution in [1.82, 2.24) is 0 Å². The molecule has 0 amide bonds. The molecular weight excluding hydrogens is 492 g/mol. The van der Waals surface area contributed by atoms with Gasteiger partial charge in [0.25, 0.3) is 0 Å². The van der Waals surface area contributed by atoms with Crippen molar-refractivity contribution in [3.8, 4) is 0 Å². The average molecular weight is 545 g/mol. The summed E-state index contributed by atoms with van der Waals surface area (Å²) in [6.07, 6.45) is 6.09. The fourth-order valence-electron chi connectivity index (χ4n) is 7.05. The number of hydrogen-bond acceptors (Lipinski definition) is 3. The van der Waals surface area contributed by atoms with Crippen LogP contribution in [0.2, 0.25) is 0 Å². The molecular formula is C37H52O3. The van der Waals surface area contributed by atoms with E-state index in [1.807, 2.05) is 39.0 Å². The summed E-state index contributed by atoms with van der Waals surface area (Å²) in [5.74, 6) is 0. The van der Waals surface area contributed by atoms with E-state index in [1.54, 1.807) is 0 Å². The van der Waals surface area contributed by atoms with Gasteiger partial charge in [0.2, 0.25) is 0 Å². The maximum absolute atomic E-state index is 11.9. The molecule has 3 aromatic carbocycles.